The molecule has 2 rings (SSSR count). The van der Waals surface area contributed by atoms with Gasteiger partial charge in [-0.3, -0.25) is 4.79 Å². The van der Waals surface area contributed by atoms with Crippen LogP contribution in [0.3, 0.4) is 0 Å². The lowest BCUT2D eigenvalue weighted by Gasteiger charge is -2.09. The highest BCUT2D eigenvalue weighted by Gasteiger charge is 2.06. The Morgan fingerprint density at radius 3 is 2.59 bits per heavy atom. The van der Waals surface area contributed by atoms with E-state index in [-0.39, 0.29) is 5.56 Å². The summed E-state index contributed by atoms with van der Waals surface area (Å²) in [6.45, 7) is 7.78. The number of aryl methyl sites for hydroxylation is 1. The van der Waals surface area contributed by atoms with Gasteiger partial charge in [0.25, 0.3) is 5.56 Å². The van der Waals surface area contributed by atoms with E-state index in [2.05, 4.69) is 24.1 Å². The van der Waals surface area contributed by atoms with Crippen LogP contribution in [-0.2, 0) is 6.54 Å². The number of nitrogens with one attached hydrogen (secondary N) is 2. The average Bonchev–Trinajstić information content (AvgIpc) is 2.48. The van der Waals surface area contributed by atoms with Crippen molar-refractivity contribution < 1.29 is 4.74 Å². The van der Waals surface area contributed by atoms with E-state index >= 15 is 0 Å². The summed E-state index contributed by atoms with van der Waals surface area (Å²) in [5, 5.41) is 3.29. The van der Waals surface area contributed by atoms with Gasteiger partial charge in [-0.1, -0.05) is 19.9 Å². The van der Waals surface area contributed by atoms with Gasteiger partial charge in [0.1, 0.15) is 5.75 Å². The minimum Gasteiger partial charge on any atom is -0.496 e. The van der Waals surface area contributed by atoms with Crippen molar-refractivity contribution in [1.29, 1.82) is 0 Å². The molecule has 4 nitrogen and oxygen atoms in total. The van der Waals surface area contributed by atoms with Gasteiger partial charge >= 0.3 is 0 Å². The summed E-state index contributed by atoms with van der Waals surface area (Å²) in [7, 11) is 1.66. The predicted molar refractivity (Wildman–Crippen MR) is 90.3 cm³/mol. The van der Waals surface area contributed by atoms with Gasteiger partial charge in [-0.15, -0.1) is 0 Å². The van der Waals surface area contributed by atoms with Crippen LogP contribution >= 0.6 is 0 Å². The van der Waals surface area contributed by atoms with E-state index < -0.39 is 0 Å². The minimum atomic E-state index is -0.0396. The third-order valence-electron chi connectivity index (χ3n) is 3.56. The maximum atomic E-state index is 12.2. The highest BCUT2D eigenvalue weighted by atomic mass is 16.5. The molecule has 0 aliphatic rings. The first-order valence-corrected chi connectivity index (χ1v) is 7.59. The van der Waals surface area contributed by atoms with E-state index in [4.69, 9.17) is 4.74 Å². The Hall–Kier alpha value is -2.07. The van der Waals surface area contributed by atoms with Crippen LogP contribution in [0.4, 0.5) is 0 Å². The van der Waals surface area contributed by atoms with Crippen LogP contribution in [-0.4, -0.2) is 18.6 Å². The zero-order chi connectivity index (χ0) is 16.1. The fraction of sp³-hybridized carbons (Fsp3) is 0.389. The number of hydrogen-bond acceptors (Lipinski definition) is 3. The van der Waals surface area contributed by atoms with Crippen LogP contribution in [0.25, 0.3) is 11.3 Å². The van der Waals surface area contributed by atoms with Crippen molar-refractivity contribution in [2.75, 3.05) is 13.7 Å². The molecule has 1 aromatic heterocycles. The second kappa shape index (κ2) is 7.27. The molecule has 0 aliphatic heterocycles. The normalized spacial score (nSPS) is 11.0. The Labute approximate surface area is 131 Å². The van der Waals surface area contributed by atoms with Crippen LogP contribution in [0.2, 0.25) is 0 Å². The average molecular weight is 300 g/mol. The summed E-state index contributed by atoms with van der Waals surface area (Å²) in [5.41, 5.74) is 3.57. The summed E-state index contributed by atoms with van der Waals surface area (Å²) in [6, 6.07) is 9.73. The molecule has 0 saturated heterocycles. The summed E-state index contributed by atoms with van der Waals surface area (Å²) in [4.78, 5) is 15.1. The van der Waals surface area contributed by atoms with Crippen molar-refractivity contribution in [2.24, 2.45) is 5.92 Å². The summed E-state index contributed by atoms with van der Waals surface area (Å²) in [6.07, 6.45) is 0. The van der Waals surface area contributed by atoms with Crippen LogP contribution in [0.1, 0.15) is 25.0 Å². The SMILES string of the molecule is COc1ccc(-c2ccc(CNCC(C)C)c(=O)[nH]2)cc1C. The largest absolute Gasteiger partial charge is 0.496 e. The van der Waals surface area contributed by atoms with Crippen LogP contribution < -0.4 is 15.6 Å². The van der Waals surface area contributed by atoms with Crippen LogP contribution in [0.5, 0.6) is 5.75 Å². The number of ether oxygens (including phenoxy) is 1. The van der Waals surface area contributed by atoms with Gasteiger partial charge in [-0.2, -0.15) is 0 Å². The van der Waals surface area contributed by atoms with Gasteiger partial charge in [0.2, 0.25) is 0 Å². The fourth-order valence-electron chi connectivity index (χ4n) is 2.35. The molecule has 22 heavy (non-hydrogen) atoms. The topological polar surface area (TPSA) is 54.1 Å². The highest BCUT2D eigenvalue weighted by Crippen LogP contribution is 2.24. The summed E-state index contributed by atoms with van der Waals surface area (Å²) < 4.78 is 5.26. The minimum absolute atomic E-state index is 0.0396. The Morgan fingerprint density at radius 2 is 2.00 bits per heavy atom. The van der Waals surface area contributed by atoms with Gasteiger partial charge in [0, 0.05) is 17.8 Å². The standard InChI is InChI=1S/C18H24N2O2/c1-12(2)10-19-11-15-5-7-16(20-18(15)21)14-6-8-17(22-4)13(3)9-14/h5-9,12,19H,10-11H2,1-4H3,(H,20,21). The maximum absolute atomic E-state index is 12.2. The molecule has 1 heterocycles. The zero-order valence-corrected chi connectivity index (χ0v) is 13.7. The highest BCUT2D eigenvalue weighted by molar-refractivity contribution is 5.62. The lowest BCUT2D eigenvalue weighted by Crippen LogP contribution is -2.24. The number of hydrogen-bond donors (Lipinski definition) is 2. The molecular formula is C18H24N2O2. The Morgan fingerprint density at radius 1 is 1.23 bits per heavy atom. The van der Waals surface area contributed by atoms with Crippen molar-refractivity contribution in [3.8, 4) is 17.0 Å². The van der Waals surface area contributed by atoms with E-state index in [1.54, 1.807) is 7.11 Å². The van der Waals surface area contributed by atoms with Crippen molar-refractivity contribution in [2.45, 2.75) is 27.3 Å². The molecule has 0 saturated carbocycles. The first-order chi connectivity index (χ1) is 10.5. The molecule has 0 bridgehead atoms. The van der Waals surface area contributed by atoms with Crippen molar-refractivity contribution in [3.05, 3.63) is 51.8 Å². The molecule has 2 aromatic rings. The summed E-state index contributed by atoms with van der Waals surface area (Å²) in [5.74, 6) is 1.42. The molecule has 0 spiro atoms. The van der Waals surface area contributed by atoms with E-state index in [1.165, 1.54) is 0 Å². The van der Waals surface area contributed by atoms with Crippen LogP contribution in [0, 0.1) is 12.8 Å². The molecule has 0 atom stereocenters. The third-order valence-corrected chi connectivity index (χ3v) is 3.56. The second-order valence-corrected chi connectivity index (χ2v) is 5.94. The zero-order valence-electron chi connectivity index (χ0n) is 13.7. The van der Waals surface area contributed by atoms with Gasteiger partial charge < -0.3 is 15.0 Å². The molecule has 0 aliphatic carbocycles. The number of aromatic amines is 1. The van der Waals surface area contributed by atoms with E-state index in [9.17, 15) is 4.79 Å². The second-order valence-electron chi connectivity index (χ2n) is 5.94. The Balaban J connectivity index is 2.18. The lowest BCUT2D eigenvalue weighted by molar-refractivity contribution is 0.412. The Kier molecular flexibility index (Phi) is 5.39. The van der Waals surface area contributed by atoms with Crippen LogP contribution in [0.15, 0.2) is 35.1 Å². The molecule has 0 fully saturated rings. The van der Waals surface area contributed by atoms with E-state index in [0.717, 1.165) is 34.7 Å². The molecule has 2 N–H and O–H groups in total. The monoisotopic (exact) mass is 300 g/mol. The summed E-state index contributed by atoms with van der Waals surface area (Å²) >= 11 is 0. The van der Waals surface area contributed by atoms with E-state index in [0.29, 0.717) is 12.5 Å². The number of rotatable bonds is 6. The van der Waals surface area contributed by atoms with Crippen molar-refractivity contribution in [1.82, 2.24) is 10.3 Å². The third kappa shape index (κ3) is 3.98. The number of H-pyrrole nitrogens is 1. The molecule has 0 radical (unpaired) electrons. The quantitative estimate of drug-likeness (QED) is 0.862. The first-order valence-electron chi connectivity index (χ1n) is 7.59. The van der Waals surface area contributed by atoms with Crippen molar-refractivity contribution in [3.63, 3.8) is 0 Å². The number of benzene rings is 1. The van der Waals surface area contributed by atoms with Gasteiger partial charge in [-0.25, -0.2) is 0 Å². The van der Waals surface area contributed by atoms with Gasteiger partial charge in [0.05, 0.1) is 7.11 Å². The van der Waals surface area contributed by atoms with Gasteiger partial charge in [-0.05, 0) is 54.8 Å². The number of aromatic nitrogens is 1. The molecule has 0 unspecified atom stereocenters. The van der Waals surface area contributed by atoms with Gasteiger partial charge in [0.15, 0.2) is 0 Å². The lowest BCUT2D eigenvalue weighted by atomic mass is 10.1. The van der Waals surface area contributed by atoms with E-state index in [1.807, 2.05) is 37.3 Å². The molecular weight excluding hydrogens is 276 g/mol. The van der Waals surface area contributed by atoms with Crippen molar-refractivity contribution >= 4 is 0 Å². The number of pyridine rings is 1. The maximum Gasteiger partial charge on any atom is 0.252 e. The smallest absolute Gasteiger partial charge is 0.252 e. The fourth-order valence-corrected chi connectivity index (χ4v) is 2.35. The Bertz CT molecular complexity index is 690. The number of methoxy groups -OCH3 is 1. The molecule has 4 heteroatoms. The first kappa shape index (κ1) is 16.3. The molecule has 0 amide bonds. The predicted octanol–water partition coefficient (Wildman–Crippen LogP) is 3.10. The molecule has 118 valence electrons. The molecule has 1 aromatic carbocycles.